The number of nitrogens with zero attached hydrogens (tertiary/aromatic N) is 3. The van der Waals surface area contributed by atoms with E-state index in [-0.39, 0.29) is 37.0 Å². The molecule has 0 saturated heterocycles. The van der Waals surface area contributed by atoms with Gasteiger partial charge in [-0.3, -0.25) is 9.59 Å². The zero-order valence-corrected chi connectivity index (χ0v) is 21.1. The first-order valence-corrected chi connectivity index (χ1v) is 12.4. The quantitative estimate of drug-likeness (QED) is 0.434. The van der Waals surface area contributed by atoms with Gasteiger partial charge in [0.25, 0.3) is 0 Å². The molecule has 0 fully saturated rings. The van der Waals surface area contributed by atoms with E-state index in [9.17, 15) is 9.59 Å². The summed E-state index contributed by atoms with van der Waals surface area (Å²) in [5.41, 5.74) is 5.53. The van der Waals surface area contributed by atoms with Crippen LogP contribution >= 0.6 is 0 Å². The Morgan fingerprint density at radius 1 is 1.14 bits per heavy atom. The van der Waals surface area contributed by atoms with Crippen LogP contribution < -0.4 is 15.5 Å². The van der Waals surface area contributed by atoms with E-state index >= 15 is 0 Å². The summed E-state index contributed by atoms with van der Waals surface area (Å²) in [6, 6.07) is 19.9. The van der Waals surface area contributed by atoms with Crippen molar-refractivity contribution in [3.8, 4) is 17.2 Å². The average molecular weight is 498 g/mol. The lowest BCUT2D eigenvalue weighted by Crippen LogP contribution is -2.43. The smallest absolute Gasteiger partial charge is 0.224 e. The Labute approximate surface area is 217 Å². The number of hydrogen-bond acceptors (Lipinski definition) is 6. The molecule has 8 nitrogen and oxygen atoms in total. The Morgan fingerprint density at radius 2 is 1.89 bits per heavy atom. The van der Waals surface area contributed by atoms with Crippen LogP contribution in [-0.4, -0.2) is 41.1 Å². The maximum Gasteiger partial charge on any atom is 0.224 e. The van der Waals surface area contributed by atoms with Crippen molar-refractivity contribution in [2.24, 2.45) is 0 Å². The molecule has 0 saturated carbocycles. The number of aryl methyl sites for hydroxylation is 1. The number of aromatic nitrogens is 1. The van der Waals surface area contributed by atoms with Gasteiger partial charge in [-0.15, -0.1) is 0 Å². The lowest BCUT2D eigenvalue weighted by Gasteiger charge is -2.39. The van der Waals surface area contributed by atoms with Crippen LogP contribution in [0.5, 0.6) is 0 Å². The second-order valence-corrected chi connectivity index (χ2v) is 9.26. The fraction of sp³-hybridized carbons (Fsp3) is 0.310. The van der Waals surface area contributed by atoms with Crippen LogP contribution in [0.15, 0.2) is 60.8 Å². The molecule has 3 aromatic rings. The largest absolute Gasteiger partial charge is 0.395 e. The molecule has 37 heavy (non-hydrogen) atoms. The van der Waals surface area contributed by atoms with E-state index in [0.717, 1.165) is 34.4 Å². The van der Waals surface area contributed by atoms with Gasteiger partial charge in [0.05, 0.1) is 18.2 Å². The van der Waals surface area contributed by atoms with E-state index in [1.54, 1.807) is 25.3 Å². The molecule has 0 bridgehead atoms. The molecule has 2 atom stereocenters. The van der Waals surface area contributed by atoms with E-state index < -0.39 is 0 Å². The van der Waals surface area contributed by atoms with Gasteiger partial charge in [0.1, 0.15) is 11.9 Å². The zero-order valence-electron chi connectivity index (χ0n) is 21.1. The van der Waals surface area contributed by atoms with E-state index in [1.165, 1.54) is 0 Å². The molecule has 8 heteroatoms. The number of nitrogens with one attached hydrogen (secondary N) is 2. The van der Waals surface area contributed by atoms with Crippen molar-refractivity contribution in [3.05, 3.63) is 77.5 Å². The van der Waals surface area contributed by atoms with Crippen molar-refractivity contribution in [1.29, 1.82) is 5.26 Å². The number of aliphatic hydroxyl groups excluding tert-OH is 1. The highest BCUT2D eigenvalue weighted by Crippen LogP contribution is 2.41. The number of fused-ring (bicyclic) bond motifs is 1. The van der Waals surface area contributed by atoms with Crippen molar-refractivity contribution >= 4 is 23.3 Å². The summed E-state index contributed by atoms with van der Waals surface area (Å²) in [6.07, 6.45) is 3.26. The average Bonchev–Trinajstić information content (AvgIpc) is 2.91. The molecular weight excluding hydrogens is 466 g/mol. The number of nitriles is 1. The first kappa shape index (κ1) is 25.9. The third-order valence-electron chi connectivity index (χ3n) is 6.60. The van der Waals surface area contributed by atoms with Crippen molar-refractivity contribution in [2.75, 3.05) is 23.4 Å². The first-order chi connectivity index (χ1) is 17.9. The lowest BCUT2D eigenvalue weighted by molar-refractivity contribution is -0.121. The summed E-state index contributed by atoms with van der Waals surface area (Å²) in [6.45, 7) is 3.84. The minimum Gasteiger partial charge on any atom is -0.395 e. The Bertz CT molecular complexity index is 1300. The van der Waals surface area contributed by atoms with Gasteiger partial charge in [-0.2, -0.15) is 5.26 Å². The number of pyridine rings is 1. The first-order valence-electron chi connectivity index (χ1n) is 12.4. The predicted molar refractivity (Wildman–Crippen MR) is 143 cm³/mol. The Hall–Kier alpha value is -4.22. The summed E-state index contributed by atoms with van der Waals surface area (Å²) >= 11 is 0. The second kappa shape index (κ2) is 11.7. The molecule has 0 spiro atoms. The van der Waals surface area contributed by atoms with Gasteiger partial charge in [0.2, 0.25) is 11.8 Å². The third-order valence-corrected chi connectivity index (χ3v) is 6.60. The molecule has 4 rings (SSSR count). The molecule has 3 N–H and O–H groups in total. The summed E-state index contributed by atoms with van der Waals surface area (Å²) in [4.78, 5) is 30.5. The third kappa shape index (κ3) is 6.13. The number of rotatable bonds is 8. The van der Waals surface area contributed by atoms with Gasteiger partial charge in [-0.25, -0.2) is 4.98 Å². The molecule has 190 valence electrons. The Morgan fingerprint density at radius 3 is 2.54 bits per heavy atom. The molecular formula is C29H31N5O3. The summed E-state index contributed by atoms with van der Waals surface area (Å²) in [7, 11) is 0. The fourth-order valence-corrected chi connectivity index (χ4v) is 4.79. The van der Waals surface area contributed by atoms with Gasteiger partial charge in [-0.05, 0) is 66.3 Å². The normalized spacial score (nSPS) is 16.4. The summed E-state index contributed by atoms with van der Waals surface area (Å²) in [5, 5.41) is 24.1. The van der Waals surface area contributed by atoms with Crippen LogP contribution in [0.4, 0.5) is 11.5 Å². The van der Waals surface area contributed by atoms with Crippen LogP contribution in [0.2, 0.25) is 0 Å². The van der Waals surface area contributed by atoms with E-state index in [0.29, 0.717) is 24.2 Å². The van der Waals surface area contributed by atoms with Crippen molar-refractivity contribution in [3.63, 3.8) is 0 Å². The van der Waals surface area contributed by atoms with Gasteiger partial charge in [0, 0.05) is 37.8 Å². The Kier molecular flexibility index (Phi) is 8.16. The standard InChI is InChI=1S/C29H31N5O3/c1-19-15-26(33-28-11-5-22(17-30)18-32-28)25-16-24(9-10-27(25)34(19)20(2)36)23-7-3-21(4-8-23)6-12-29(37)31-13-14-35/h3-5,7-11,16,18-19,26,35H,6,12-15H2,1-2H3,(H,31,37)(H,32,33)/t19-,26+/m0/s1. The fourth-order valence-electron chi connectivity index (χ4n) is 4.79. The van der Waals surface area contributed by atoms with Crippen molar-refractivity contribution in [1.82, 2.24) is 10.3 Å². The molecule has 0 radical (unpaired) electrons. The molecule has 1 aliphatic rings. The van der Waals surface area contributed by atoms with E-state index in [1.807, 2.05) is 48.2 Å². The number of amides is 2. The maximum absolute atomic E-state index is 12.5. The van der Waals surface area contributed by atoms with Crippen LogP contribution in [0, 0.1) is 11.3 Å². The van der Waals surface area contributed by atoms with Crippen LogP contribution in [0.3, 0.4) is 0 Å². The number of benzene rings is 2. The van der Waals surface area contributed by atoms with Crippen LogP contribution in [0.1, 0.15) is 49.4 Å². The minimum atomic E-state index is -0.0765. The van der Waals surface area contributed by atoms with Gasteiger partial charge in [-0.1, -0.05) is 30.3 Å². The minimum absolute atomic E-state index is 0.00354. The van der Waals surface area contributed by atoms with E-state index in [4.69, 9.17) is 10.4 Å². The summed E-state index contributed by atoms with van der Waals surface area (Å²) < 4.78 is 0. The van der Waals surface area contributed by atoms with Gasteiger partial charge >= 0.3 is 0 Å². The Balaban J connectivity index is 1.58. The highest BCUT2D eigenvalue weighted by atomic mass is 16.3. The molecule has 2 aromatic carbocycles. The lowest BCUT2D eigenvalue weighted by atomic mass is 9.89. The second-order valence-electron chi connectivity index (χ2n) is 9.26. The van der Waals surface area contributed by atoms with Gasteiger partial charge < -0.3 is 20.6 Å². The van der Waals surface area contributed by atoms with Crippen molar-refractivity contribution in [2.45, 2.75) is 45.2 Å². The zero-order chi connectivity index (χ0) is 26.4. The SMILES string of the molecule is CC(=O)N1c2ccc(-c3ccc(CCC(=O)NCCO)cc3)cc2[C@H](Nc2ccc(C#N)cn2)C[C@@H]1C. The van der Waals surface area contributed by atoms with Crippen LogP contribution in [-0.2, 0) is 16.0 Å². The monoisotopic (exact) mass is 497 g/mol. The van der Waals surface area contributed by atoms with Gasteiger partial charge in [0.15, 0.2) is 0 Å². The topological polar surface area (TPSA) is 118 Å². The molecule has 1 aromatic heterocycles. The number of carbonyl (C=O) groups excluding carboxylic acids is 2. The van der Waals surface area contributed by atoms with Crippen molar-refractivity contribution < 1.29 is 14.7 Å². The predicted octanol–water partition coefficient (Wildman–Crippen LogP) is 3.96. The molecule has 2 heterocycles. The highest BCUT2D eigenvalue weighted by molar-refractivity contribution is 5.94. The summed E-state index contributed by atoms with van der Waals surface area (Å²) in [5.74, 6) is 0.604. The van der Waals surface area contributed by atoms with Crippen LogP contribution in [0.25, 0.3) is 11.1 Å². The molecule has 2 amide bonds. The van der Waals surface area contributed by atoms with E-state index in [2.05, 4.69) is 27.8 Å². The number of anilines is 2. The molecule has 0 aliphatic carbocycles. The molecule has 0 unspecified atom stereocenters. The maximum atomic E-state index is 12.5. The highest BCUT2D eigenvalue weighted by Gasteiger charge is 2.32. The number of hydrogen-bond donors (Lipinski definition) is 3. The molecule has 1 aliphatic heterocycles. The number of carbonyl (C=O) groups is 2. The number of aliphatic hydroxyl groups is 1.